The van der Waals surface area contributed by atoms with Crippen molar-refractivity contribution in [2.24, 2.45) is 7.05 Å². The van der Waals surface area contributed by atoms with Gasteiger partial charge >= 0.3 is 0 Å². The fraction of sp³-hybridized carbons (Fsp3) is 0.174. The average molecular weight is 508 g/mol. The lowest BCUT2D eigenvalue weighted by molar-refractivity contribution is 0.780. The highest BCUT2D eigenvalue weighted by atomic mass is 32.2. The van der Waals surface area contributed by atoms with Crippen LogP contribution in [0.4, 0.5) is 5.82 Å². The normalized spacial score (nSPS) is 11.9. The number of hydrogen-bond acceptors (Lipinski definition) is 9. The zero-order valence-electron chi connectivity index (χ0n) is 18.3. The van der Waals surface area contributed by atoms with E-state index in [1.54, 1.807) is 23.0 Å². The monoisotopic (exact) mass is 507 g/mol. The van der Waals surface area contributed by atoms with Gasteiger partial charge in [-0.3, -0.25) is 14.5 Å². The highest BCUT2D eigenvalue weighted by molar-refractivity contribution is 8.15. The van der Waals surface area contributed by atoms with Crippen molar-refractivity contribution >= 4 is 65.6 Å². The maximum absolute atomic E-state index is 13.8. The third-order valence-electron chi connectivity index (χ3n) is 5.33. The molecule has 5 aromatic rings. The zero-order valence-corrected chi connectivity index (χ0v) is 21.0. The van der Waals surface area contributed by atoms with Crippen molar-refractivity contribution in [1.82, 2.24) is 29.5 Å². The summed E-state index contributed by atoms with van der Waals surface area (Å²) in [5.74, 6) is 0.664. The number of benzene rings is 1. The summed E-state index contributed by atoms with van der Waals surface area (Å²) in [6, 6.07) is 12.8. The fourth-order valence-electron chi connectivity index (χ4n) is 3.80. The van der Waals surface area contributed by atoms with Crippen molar-refractivity contribution in [3.63, 3.8) is 0 Å². The molecule has 1 aromatic carbocycles. The number of rotatable bonds is 5. The second kappa shape index (κ2) is 8.64. The molecule has 0 atom stereocenters. The molecule has 0 radical (unpaired) electrons. The molecule has 1 N–H and O–H groups in total. The summed E-state index contributed by atoms with van der Waals surface area (Å²) >= 11 is 13.0. The molecular weight excluding hydrogens is 487 g/mol. The lowest BCUT2D eigenvalue weighted by Crippen LogP contribution is -2.24. The van der Waals surface area contributed by atoms with Crippen LogP contribution in [0.25, 0.3) is 38.8 Å². The molecule has 0 unspecified atom stereocenters. The Morgan fingerprint density at radius 1 is 1.03 bits per heavy atom. The summed E-state index contributed by atoms with van der Waals surface area (Å²) < 4.78 is 2.13. The number of thiol groups is 3. The summed E-state index contributed by atoms with van der Waals surface area (Å²) in [5.41, 5.74) is 3.80. The lowest BCUT2D eigenvalue weighted by atomic mass is 10.1. The van der Waals surface area contributed by atoms with Crippen LogP contribution >= 0.6 is 37.9 Å². The second-order valence-corrected chi connectivity index (χ2v) is 10.9. The topological polar surface area (TPSA) is 90.5 Å². The number of anilines is 1. The van der Waals surface area contributed by atoms with E-state index in [0.29, 0.717) is 45.9 Å². The molecule has 0 spiro atoms. The van der Waals surface area contributed by atoms with E-state index >= 15 is 0 Å². The smallest absolute Gasteiger partial charge is 0.281 e. The molecule has 11 heteroatoms. The van der Waals surface area contributed by atoms with Gasteiger partial charge in [0, 0.05) is 36.9 Å². The largest absolute Gasteiger partial charge is 0.370 e. The number of aromatic nitrogens is 6. The van der Waals surface area contributed by atoms with Crippen molar-refractivity contribution in [3.05, 3.63) is 70.9 Å². The fourth-order valence-corrected chi connectivity index (χ4v) is 4.20. The number of hydrogen-bond donors (Lipinski definition) is 4. The Morgan fingerprint density at radius 2 is 1.82 bits per heavy atom. The van der Waals surface area contributed by atoms with E-state index in [2.05, 4.69) is 63.4 Å². The highest BCUT2D eigenvalue weighted by Crippen LogP contribution is 2.36. The molecular formula is C23H21N7OS3. The molecule has 0 saturated carbocycles. The van der Waals surface area contributed by atoms with Crippen LogP contribution in [0, 0.1) is 0 Å². The first-order valence-corrected chi connectivity index (χ1v) is 11.8. The molecule has 0 saturated heterocycles. The van der Waals surface area contributed by atoms with Crippen molar-refractivity contribution in [1.29, 1.82) is 0 Å². The van der Waals surface area contributed by atoms with Crippen LogP contribution in [0.2, 0.25) is 0 Å². The van der Waals surface area contributed by atoms with Gasteiger partial charge in [0.25, 0.3) is 5.56 Å². The van der Waals surface area contributed by atoms with Crippen LogP contribution < -0.4 is 10.9 Å². The molecule has 0 aliphatic rings. The molecule has 0 bridgehead atoms. The number of nitrogens with zero attached hydrogens (tertiary/aromatic N) is 6. The Hall–Kier alpha value is -3.02. The van der Waals surface area contributed by atoms with E-state index in [1.165, 1.54) is 4.68 Å². The second-order valence-electron chi connectivity index (χ2n) is 7.80. The lowest BCUT2D eigenvalue weighted by Gasteiger charge is -2.15. The minimum atomic E-state index is -1.01. The molecule has 0 amide bonds. The Kier molecular flexibility index (Phi) is 5.78. The molecule has 0 aliphatic carbocycles. The summed E-state index contributed by atoms with van der Waals surface area (Å²) in [4.78, 5) is 22.9. The van der Waals surface area contributed by atoms with E-state index in [0.717, 1.165) is 10.9 Å². The minimum absolute atomic E-state index is 0.305. The first-order chi connectivity index (χ1) is 16.2. The standard InChI is InChI=1S/C23H21N7OS3/c1-3-24-19-9-7-17-21(26-19)20(13-4-8-18(25-11-13)23(32,33)34)22(31)30(28-17)15-5-6-16-14(10-15)12-29(2)27-16/h4-12,32-34H,3H2,1-2H3,(H,24,26). The van der Waals surface area contributed by atoms with Gasteiger partial charge in [-0.15, -0.1) is 37.9 Å². The SMILES string of the molecule is CCNc1ccc2nn(-c3ccc4nn(C)cc4c3)c(=O)c(-c3ccc(C(S)(S)S)nc3)c2n1. The minimum Gasteiger partial charge on any atom is -0.370 e. The molecule has 4 aromatic heterocycles. The van der Waals surface area contributed by atoms with Crippen LogP contribution in [-0.4, -0.2) is 36.1 Å². The highest BCUT2D eigenvalue weighted by Gasteiger charge is 2.21. The molecule has 8 nitrogen and oxygen atoms in total. The first-order valence-electron chi connectivity index (χ1n) is 10.5. The van der Waals surface area contributed by atoms with Gasteiger partial charge < -0.3 is 5.32 Å². The Morgan fingerprint density at radius 3 is 2.53 bits per heavy atom. The number of nitrogens with one attached hydrogen (secondary N) is 1. The van der Waals surface area contributed by atoms with Gasteiger partial charge in [0.1, 0.15) is 20.3 Å². The average Bonchev–Trinajstić information content (AvgIpc) is 3.17. The van der Waals surface area contributed by atoms with E-state index in [-0.39, 0.29) is 5.56 Å². The van der Waals surface area contributed by atoms with Gasteiger partial charge in [-0.2, -0.15) is 14.9 Å². The van der Waals surface area contributed by atoms with Crippen molar-refractivity contribution in [3.8, 4) is 16.8 Å². The van der Waals surface area contributed by atoms with Gasteiger partial charge in [-0.25, -0.2) is 4.98 Å². The van der Waals surface area contributed by atoms with E-state index < -0.39 is 3.41 Å². The Bertz CT molecular complexity index is 1590. The van der Waals surface area contributed by atoms with Gasteiger partial charge in [0.2, 0.25) is 0 Å². The number of aryl methyl sites for hydroxylation is 1. The third-order valence-corrected chi connectivity index (χ3v) is 6.01. The van der Waals surface area contributed by atoms with Crippen molar-refractivity contribution in [2.75, 3.05) is 11.9 Å². The summed E-state index contributed by atoms with van der Waals surface area (Å²) in [6.45, 7) is 2.69. The van der Waals surface area contributed by atoms with Crippen molar-refractivity contribution < 1.29 is 0 Å². The maximum atomic E-state index is 13.8. The van der Waals surface area contributed by atoms with Crippen LogP contribution in [0.3, 0.4) is 0 Å². The van der Waals surface area contributed by atoms with E-state index in [1.807, 2.05) is 50.5 Å². The first kappa shape index (κ1) is 22.8. The predicted molar refractivity (Wildman–Crippen MR) is 145 cm³/mol. The summed E-state index contributed by atoms with van der Waals surface area (Å²) in [6.07, 6.45) is 3.51. The molecule has 4 heterocycles. The molecule has 34 heavy (non-hydrogen) atoms. The van der Waals surface area contributed by atoms with Crippen LogP contribution in [-0.2, 0) is 10.5 Å². The molecule has 0 aliphatic heterocycles. The Balaban J connectivity index is 1.77. The zero-order chi connectivity index (χ0) is 24.0. The van der Waals surface area contributed by atoms with E-state index in [9.17, 15) is 4.79 Å². The van der Waals surface area contributed by atoms with Gasteiger partial charge in [0.05, 0.1) is 22.5 Å². The third kappa shape index (κ3) is 4.15. The van der Waals surface area contributed by atoms with Crippen molar-refractivity contribution in [2.45, 2.75) is 10.3 Å². The van der Waals surface area contributed by atoms with Gasteiger partial charge in [-0.1, -0.05) is 6.07 Å². The van der Waals surface area contributed by atoms with Crippen LogP contribution in [0.5, 0.6) is 0 Å². The van der Waals surface area contributed by atoms with Crippen LogP contribution in [0.1, 0.15) is 12.6 Å². The predicted octanol–water partition coefficient (Wildman–Crippen LogP) is 4.06. The van der Waals surface area contributed by atoms with E-state index in [4.69, 9.17) is 0 Å². The number of fused-ring (bicyclic) bond motifs is 2. The summed E-state index contributed by atoms with van der Waals surface area (Å²) in [5, 5.41) is 13.1. The number of pyridine rings is 2. The Labute approximate surface area is 211 Å². The van der Waals surface area contributed by atoms with Gasteiger partial charge in [0.15, 0.2) is 0 Å². The van der Waals surface area contributed by atoms with Gasteiger partial charge in [-0.05, 0) is 43.3 Å². The van der Waals surface area contributed by atoms with Crippen LogP contribution in [0.15, 0.2) is 59.7 Å². The molecule has 172 valence electrons. The molecule has 0 fully saturated rings. The molecule has 5 rings (SSSR count). The maximum Gasteiger partial charge on any atom is 0.281 e. The summed E-state index contributed by atoms with van der Waals surface area (Å²) in [7, 11) is 1.86. The quantitative estimate of drug-likeness (QED) is 0.212.